The average Bonchev–Trinajstić information content (AvgIpc) is 3.44. The highest BCUT2D eigenvalue weighted by Gasteiger charge is 2.18. The Labute approximate surface area is 201 Å². The fourth-order valence-corrected chi connectivity index (χ4v) is 5.19. The molecule has 0 amide bonds. The molecule has 5 heteroatoms. The van der Waals surface area contributed by atoms with Crippen LogP contribution in [-0.2, 0) is 0 Å². The molecule has 0 fully saturated rings. The van der Waals surface area contributed by atoms with Gasteiger partial charge in [-0.1, -0.05) is 66.7 Å². The molecular formula is C30H20BNO3. The first-order valence-corrected chi connectivity index (χ1v) is 11.6. The summed E-state index contributed by atoms with van der Waals surface area (Å²) in [5, 5.41) is 24.7. The van der Waals surface area contributed by atoms with Gasteiger partial charge in [0.2, 0.25) is 0 Å². The lowest BCUT2D eigenvalue weighted by Gasteiger charge is -2.13. The van der Waals surface area contributed by atoms with Crippen molar-refractivity contribution in [1.29, 1.82) is 0 Å². The Morgan fingerprint density at radius 2 is 1.17 bits per heavy atom. The second-order valence-corrected chi connectivity index (χ2v) is 8.87. The molecule has 0 radical (unpaired) electrons. The fourth-order valence-electron chi connectivity index (χ4n) is 5.19. The first-order valence-electron chi connectivity index (χ1n) is 11.6. The van der Waals surface area contributed by atoms with E-state index >= 15 is 0 Å². The van der Waals surface area contributed by atoms with Crippen molar-refractivity contribution in [1.82, 2.24) is 4.57 Å². The number of nitrogens with zero attached hydrogens (tertiary/aromatic N) is 1. The zero-order chi connectivity index (χ0) is 23.5. The third kappa shape index (κ3) is 3.10. The van der Waals surface area contributed by atoms with Gasteiger partial charge in [0, 0.05) is 27.2 Å². The number of furan rings is 1. The number of hydrogen-bond acceptors (Lipinski definition) is 3. The average molecular weight is 453 g/mol. The summed E-state index contributed by atoms with van der Waals surface area (Å²) in [6, 6.07) is 36.5. The zero-order valence-corrected chi connectivity index (χ0v) is 18.7. The molecular weight excluding hydrogens is 433 g/mol. The van der Waals surface area contributed by atoms with Gasteiger partial charge >= 0.3 is 7.12 Å². The van der Waals surface area contributed by atoms with Gasteiger partial charge in [0.15, 0.2) is 0 Å². The van der Waals surface area contributed by atoms with Crippen LogP contribution in [0.3, 0.4) is 0 Å². The number of benzene rings is 5. The highest BCUT2D eigenvalue weighted by atomic mass is 16.4. The second-order valence-electron chi connectivity index (χ2n) is 8.87. The molecule has 5 aromatic carbocycles. The lowest BCUT2D eigenvalue weighted by Crippen LogP contribution is -2.30. The van der Waals surface area contributed by atoms with Gasteiger partial charge < -0.3 is 19.0 Å². The van der Waals surface area contributed by atoms with Crippen molar-refractivity contribution in [3.8, 4) is 16.8 Å². The van der Waals surface area contributed by atoms with E-state index in [0.29, 0.717) is 5.46 Å². The summed E-state index contributed by atoms with van der Waals surface area (Å²) in [5.41, 5.74) is 7.02. The minimum atomic E-state index is -1.58. The van der Waals surface area contributed by atoms with Crippen molar-refractivity contribution in [3.05, 3.63) is 109 Å². The lowest BCUT2D eigenvalue weighted by molar-refractivity contribution is 0.426. The fraction of sp³-hybridized carbons (Fsp3) is 0. The highest BCUT2D eigenvalue weighted by molar-refractivity contribution is 6.58. The Morgan fingerprint density at radius 1 is 0.543 bits per heavy atom. The molecule has 7 aromatic rings. The molecule has 0 aliphatic carbocycles. The van der Waals surface area contributed by atoms with Gasteiger partial charge in [-0.15, -0.1) is 0 Å². The summed E-state index contributed by atoms with van der Waals surface area (Å²) in [7, 11) is -1.58. The van der Waals surface area contributed by atoms with Crippen LogP contribution in [0.25, 0.3) is 60.6 Å². The topological polar surface area (TPSA) is 58.5 Å². The van der Waals surface area contributed by atoms with E-state index in [0.717, 1.165) is 60.6 Å². The molecule has 0 bridgehead atoms. The molecule has 7 rings (SSSR count). The van der Waals surface area contributed by atoms with Gasteiger partial charge in [-0.2, -0.15) is 0 Å². The Kier molecular flexibility index (Phi) is 4.36. The van der Waals surface area contributed by atoms with Crippen LogP contribution in [0.15, 0.2) is 114 Å². The summed E-state index contributed by atoms with van der Waals surface area (Å²) in [6.07, 6.45) is 0. The smallest absolute Gasteiger partial charge is 0.456 e. The van der Waals surface area contributed by atoms with Gasteiger partial charge in [0.25, 0.3) is 0 Å². The van der Waals surface area contributed by atoms with Gasteiger partial charge in [-0.05, 0) is 59.1 Å². The summed E-state index contributed by atoms with van der Waals surface area (Å²) in [5.74, 6) is 0. The first-order chi connectivity index (χ1) is 17.2. The predicted octanol–water partition coefficient (Wildman–Crippen LogP) is 6.03. The molecule has 0 aliphatic heterocycles. The van der Waals surface area contributed by atoms with E-state index in [2.05, 4.69) is 47.0 Å². The summed E-state index contributed by atoms with van der Waals surface area (Å²) < 4.78 is 8.19. The quantitative estimate of drug-likeness (QED) is 0.321. The summed E-state index contributed by atoms with van der Waals surface area (Å²) in [6.45, 7) is 0. The molecule has 0 spiro atoms. The van der Waals surface area contributed by atoms with E-state index in [1.54, 1.807) is 0 Å². The van der Waals surface area contributed by atoms with E-state index in [4.69, 9.17) is 4.42 Å². The van der Waals surface area contributed by atoms with Crippen molar-refractivity contribution in [2.75, 3.05) is 0 Å². The van der Waals surface area contributed by atoms with Crippen LogP contribution < -0.4 is 5.46 Å². The van der Waals surface area contributed by atoms with E-state index in [1.807, 2.05) is 66.7 Å². The maximum atomic E-state index is 10.2. The minimum Gasteiger partial charge on any atom is -0.456 e. The standard InChI is InChI=1S/C30H20BNO3/c33-31(34)21-15-20(19-13-14-30-26(17-19)25-9-3-6-12-29(25)35-30)16-22(18-21)32-27-10-4-1-7-23(27)24-8-2-5-11-28(24)32/h1-18,33-34H. The van der Waals surface area contributed by atoms with E-state index in [1.165, 1.54) is 0 Å². The molecule has 2 aromatic heterocycles. The molecule has 2 heterocycles. The third-order valence-corrected chi connectivity index (χ3v) is 6.79. The Balaban J connectivity index is 1.51. The summed E-state index contributed by atoms with van der Waals surface area (Å²) in [4.78, 5) is 0. The molecule has 0 saturated carbocycles. The van der Waals surface area contributed by atoms with Crippen molar-refractivity contribution in [2.45, 2.75) is 0 Å². The molecule has 0 aliphatic rings. The lowest BCUT2D eigenvalue weighted by atomic mass is 9.78. The Hall–Kier alpha value is -4.32. The first kappa shape index (κ1) is 20.1. The largest absolute Gasteiger partial charge is 0.488 e. The van der Waals surface area contributed by atoms with E-state index < -0.39 is 7.12 Å². The number of rotatable bonds is 3. The minimum absolute atomic E-state index is 0.441. The Bertz CT molecular complexity index is 1840. The van der Waals surface area contributed by atoms with Crippen molar-refractivity contribution in [3.63, 3.8) is 0 Å². The van der Waals surface area contributed by atoms with E-state index in [9.17, 15) is 10.0 Å². The van der Waals surface area contributed by atoms with Gasteiger partial charge in [-0.3, -0.25) is 0 Å². The third-order valence-electron chi connectivity index (χ3n) is 6.79. The van der Waals surface area contributed by atoms with Crippen LogP contribution in [0.4, 0.5) is 0 Å². The highest BCUT2D eigenvalue weighted by Crippen LogP contribution is 2.35. The number of hydrogen-bond donors (Lipinski definition) is 2. The van der Waals surface area contributed by atoms with E-state index in [-0.39, 0.29) is 0 Å². The number of aromatic nitrogens is 1. The second kappa shape index (κ2) is 7.60. The molecule has 166 valence electrons. The van der Waals surface area contributed by atoms with Crippen LogP contribution in [0.1, 0.15) is 0 Å². The molecule has 35 heavy (non-hydrogen) atoms. The summed E-state index contributed by atoms with van der Waals surface area (Å²) >= 11 is 0. The normalized spacial score (nSPS) is 11.7. The van der Waals surface area contributed by atoms with Crippen LogP contribution in [0.5, 0.6) is 0 Å². The van der Waals surface area contributed by atoms with Crippen LogP contribution >= 0.6 is 0 Å². The number of para-hydroxylation sites is 3. The Morgan fingerprint density at radius 3 is 1.89 bits per heavy atom. The van der Waals surface area contributed by atoms with Gasteiger partial charge in [-0.25, -0.2) is 0 Å². The molecule has 0 atom stereocenters. The molecule has 0 saturated heterocycles. The maximum Gasteiger partial charge on any atom is 0.488 e. The van der Waals surface area contributed by atoms with Crippen molar-refractivity contribution >= 4 is 56.3 Å². The van der Waals surface area contributed by atoms with Crippen molar-refractivity contribution < 1.29 is 14.5 Å². The molecule has 0 unspecified atom stereocenters. The van der Waals surface area contributed by atoms with Crippen LogP contribution in [0, 0.1) is 0 Å². The van der Waals surface area contributed by atoms with Gasteiger partial charge in [0.05, 0.1) is 11.0 Å². The SMILES string of the molecule is OB(O)c1cc(-c2ccc3oc4ccccc4c3c2)cc(-n2c3ccccc3c3ccccc32)c1. The molecule has 4 nitrogen and oxygen atoms in total. The van der Waals surface area contributed by atoms with Gasteiger partial charge in [0.1, 0.15) is 11.2 Å². The van der Waals surface area contributed by atoms with Crippen molar-refractivity contribution in [2.24, 2.45) is 0 Å². The molecule has 2 N–H and O–H groups in total. The zero-order valence-electron chi connectivity index (χ0n) is 18.7. The number of fused-ring (bicyclic) bond motifs is 6. The maximum absolute atomic E-state index is 10.2. The monoisotopic (exact) mass is 453 g/mol. The predicted molar refractivity (Wildman–Crippen MR) is 143 cm³/mol. The van der Waals surface area contributed by atoms with Crippen LogP contribution in [-0.4, -0.2) is 21.7 Å². The van der Waals surface area contributed by atoms with Crippen LogP contribution in [0.2, 0.25) is 0 Å².